The lowest BCUT2D eigenvalue weighted by Crippen LogP contribution is -2.21. The number of para-hydroxylation sites is 1. The largest absolute Gasteiger partial charge is 0.366 e. The minimum atomic E-state index is -3.94. The van der Waals surface area contributed by atoms with E-state index in [-0.39, 0.29) is 4.90 Å². The second-order valence-electron chi connectivity index (χ2n) is 3.57. The van der Waals surface area contributed by atoms with Crippen LogP contribution in [0.25, 0.3) is 0 Å². The number of H-pyrrole nitrogens is 1. The van der Waals surface area contributed by atoms with Crippen molar-refractivity contribution in [1.82, 2.24) is 4.98 Å². The Morgan fingerprint density at radius 2 is 1.74 bits per heavy atom. The molecule has 0 fully saturated rings. The summed E-state index contributed by atoms with van der Waals surface area (Å²) in [6.07, 6.45) is 2.52. The van der Waals surface area contributed by atoms with E-state index in [1.807, 2.05) is 0 Å². The molecule has 1 heterocycles. The molecule has 1 aromatic heterocycles. The van der Waals surface area contributed by atoms with Gasteiger partial charge in [-0.15, -0.1) is 0 Å². The summed E-state index contributed by atoms with van der Waals surface area (Å²) in [5.41, 5.74) is -0.236. The molecule has 0 spiro atoms. The fourth-order valence-electron chi connectivity index (χ4n) is 1.40. The zero-order valence-electron chi connectivity index (χ0n) is 9.35. The Morgan fingerprint density at radius 3 is 2.32 bits per heavy atom. The molecule has 0 saturated carbocycles. The molecule has 2 aromatic rings. The van der Waals surface area contributed by atoms with Gasteiger partial charge in [-0.25, -0.2) is 8.42 Å². The van der Waals surface area contributed by atoms with Crippen LogP contribution < -0.4 is 10.2 Å². The number of halogens is 2. The van der Waals surface area contributed by atoms with Crippen molar-refractivity contribution in [3.05, 3.63) is 55.8 Å². The van der Waals surface area contributed by atoms with Crippen LogP contribution >= 0.6 is 31.9 Å². The molecule has 0 saturated heterocycles. The van der Waals surface area contributed by atoms with Gasteiger partial charge in [-0.05, 0) is 44.0 Å². The van der Waals surface area contributed by atoms with Gasteiger partial charge >= 0.3 is 0 Å². The number of nitrogens with one attached hydrogen (secondary N) is 2. The Morgan fingerprint density at radius 1 is 1.11 bits per heavy atom. The summed E-state index contributed by atoms with van der Waals surface area (Å²) >= 11 is 6.50. The summed E-state index contributed by atoms with van der Waals surface area (Å²) in [5, 5.41) is 0. The Hall–Kier alpha value is -1.12. The molecule has 19 heavy (non-hydrogen) atoms. The molecule has 0 unspecified atom stereocenters. The van der Waals surface area contributed by atoms with Crippen LogP contribution in [0.1, 0.15) is 0 Å². The van der Waals surface area contributed by atoms with E-state index >= 15 is 0 Å². The molecule has 100 valence electrons. The molecule has 0 amide bonds. The molecular weight excluding hydrogens is 400 g/mol. The van der Waals surface area contributed by atoms with Gasteiger partial charge in [0.2, 0.25) is 5.43 Å². The van der Waals surface area contributed by atoms with Crippen LogP contribution in [0.2, 0.25) is 0 Å². The van der Waals surface area contributed by atoms with E-state index in [2.05, 4.69) is 41.6 Å². The van der Waals surface area contributed by atoms with Crippen molar-refractivity contribution in [1.29, 1.82) is 0 Å². The molecule has 0 atom stereocenters. The molecule has 2 N–H and O–H groups in total. The average molecular weight is 408 g/mol. The van der Waals surface area contributed by atoms with Crippen molar-refractivity contribution < 1.29 is 8.42 Å². The molecule has 0 aliphatic heterocycles. The molecule has 5 nitrogen and oxygen atoms in total. The van der Waals surface area contributed by atoms with Gasteiger partial charge in [0, 0.05) is 27.4 Å². The van der Waals surface area contributed by atoms with Crippen molar-refractivity contribution in [2.24, 2.45) is 0 Å². The lowest BCUT2D eigenvalue weighted by molar-refractivity contribution is 0.600. The van der Waals surface area contributed by atoms with Gasteiger partial charge in [0.05, 0.1) is 5.69 Å². The Bertz CT molecular complexity index is 751. The summed E-state index contributed by atoms with van der Waals surface area (Å²) in [6, 6.07) is 6.29. The van der Waals surface area contributed by atoms with Crippen LogP contribution in [0.5, 0.6) is 0 Å². The van der Waals surface area contributed by atoms with E-state index in [1.54, 1.807) is 18.2 Å². The van der Waals surface area contributed by atoms with Crippen molar-refractivity contribution in [3.8, 4) is 0 Å². The Labute approximate surface area is 126 Å². The van der Waals surface area contributed by atoms with Gasteiger partial charge in [0.1, 0.15) is 0 Å². The maximum absolute atomic E-state index is 12.2. The number of aromatic nitrogens is 1. The number of hydrogen-bond acceptors (Lipinski definition) is 3. The molecule has 8 heteroatoms. The Kier molecular flexibility index (Phi) is 4.12. The zero-order chi connectivity index (χ0) is 14.0. The van der Waals surface area contributed by atoms with Crippen LogP contribution in [0, 0.1) is 0 Å². The van der Waals surface area contributed by atoms with Crippen molar-refractivity contribution in [3.63, 3.8) is 0 Å². The summed E-state index contributed by atoms with van der Waals surface area (Å²) in [5.74, 6) is 0. The van der Waals surface area contributed by atoms with Crippen LogP contribution in [0.3, 0.4) is 0 Å². The van der Waals surface area contributed by atoms with Crippen molar-refractivity contribution >= 4 is 47.6 Å². The lowest BCUT2D eigenvalue weighted by atomic mass is 10.3. The van der Waals surface area contributed by atoms with Gasteiger partial charge in [-0.2, -0.15) is 0 Å². The topological polar surface area (TPSA) is 79.0 Å². The van der Waals surface area contributed by atoms with Crippen LogP contribution in [-0.4, -0.2) is 13.4 Å². The normalized spacial score (nSPS) is 11.3. The summed E-state index contributed by atoms with van der Waals surface area (Å²) in [4.78, 5) is 13.8. The minimum Gasteiger partial charge on any atom is -0.366 e. The van der Waals surface area contributed by atoms with E-state index in [1.165, 1.54) is 6.20 Å². The van der Waals surface area contributed by atoms with Gasteiger partial charge < -0.3 is 4.98 Å². The quantitative estimate of drug-likeness (QED) is 0.820. The number of pyridine rings is 1. The Balaban J connectivity index is 2.49. The highest BCUT2D eigenvalue weighted by Gasteiger charge is 2.20. The number of hydrogen-bond donors (Lipinski definition) is 2. The van der Waals surface area contributed by atoms with Gasteiger partial charge in [0.15, 0.2) is 4.90 Å². The SMILES string of the molecule is O=c1cc[nH]cc1S(=O)(=O)Nc1c(Br)cccc1Br. The maximum Gasteiger partial charge on any atom is 0.267 e. The zero-order valence-corrected chi connectivity index (χ0v) is 13.3. The molecule has 0 aliphatic rings. The smallest absolute Gasteiger partial charge is 0.267 e. The molecule has 0 radical (unpaired) electrons. The number of sulfonamides is 1. The summed E-state index contributed by atoms with van der Waals surface area (Å²) < 4.78 is 27.8. The van der Waals surface area contributed by atoms with Crippen LogP contribution in [-0.2, 0) is 10.0 Å². The van der Waals surface area contributed by atoms with E-state index < -0.39 is 15.5 Å². The second kappa shape index (κ2) is 5.48. The van der Waals surface area contributed by atoms with Gasteiger partial charge in [0.25, 0.3) is 10.0 Å². The first-order chi connectivity index (χ1) is 8.92. The molecule has 2 rings (SSSR count). The molecular formula is C11H8Br2N2O3S. The van der Waals surface area contributed by atoms with E-state index in [4.69, 9.17) is 0 Å². The number of anilines is 1. The van der Waals surface area contributed by atoms with E-state index in [9.17, 15) is 13.2 Å². The number of rotatable bonds is 3. The van der Waals surface area contributed by atoms with Crippen molar-refractivity contribution in [2.75, 3.05) is 4.72 Å². The van der Waals surface area contributed by atoms with Gasteiger partial charge in [-0.3, -0.25) is 9.52 Å². The first kappa shape index (κ1) is 14.3. The third kappa shape index (κ3) is 3.07. The lowest BCUT2D eigenvalue weighted by Gasteiger charge is -2.10. The molecule has 0 bridgehead atoms. The third-order valence-electron chi connectivity index (χ3n) is 2.28. The third-order valence-corrected chi connectivity index (χ3v) is 4.97. The first-order valence-corrected chi connectivity index (χ1v) is 8.12. The average Bonchev–Trinajstić information content (AvgIpc) is 2.34. The predicted molar refractivity (Wildman–Crippen MR) is 79.7 cm³/mol. The predicted octanol–water partition coefficient (Wildman–Crippen LogP) is 2.70. The summed E-state index contributed by atoms with van der Waals surface area (Å²) in [6.45, 7) is 0. The highest BCUT2D eigenvalue weighted by molar-refractivity contribution is 9.11. The maximum atomic E-state index is 12.2. The van der Waals surface area contributed by atoms with Crippen molar-refractivity contribution in [2.45, 2.75) is 4.90 Å². The van der Waals surface area contributed by atoms with Gasteiger partial charge in [-0.1, -0.05) is 6.07 Å². The highest BCUT2D eigenvalue weighted by atomic mass is 79.9. The second-order valence-corrected chi connectivity index (χ2v) is 6.93. The first-order valence-electron chi connectivity index (χ1n) is 5.06. The summed E-state index contributed by atoms with van der Waals surface area (Å²) in [7, 11) is -3.94. The van der Waals surface area contributed by atoms with E-state index in [0.717, 1.165) is 12.3 Å². The highest BCUT2D eigenvalue weighted by Crippen LogP contribution is 2.31. The van der Waals surface area contributed by atoms with Crippen LogP contribution in [0.15, 0.2) is 55.3 Å². The standard InChI is InChI=1S/C11H8Br2N2O3S/c12-7-2-1-3-8(13)11(7)15-19(17,18)10-6-14-5-4-9(10)16/h1-6,15H,(H,14,16). The molecule has 0 aliphatic carbocycles. The number of aromatic amines is 1. The fraction of sp³-hybridized carbons (Fsp3) is 0. The molecule has 1 aromatic carbocycles. The van der Waals surface area contributed by atoms with E-state index in [0.29, 0.717) is 14.6 Å². The monoisotopic (exact) mass is 406 g/mol. The van der Waals surface area contributed by atoms with Crippen LogP contribution in [0.4, 0.5) is 5.69 Å². The fourth-order valence-corrected chi connectivity index (χ4v) is 4.01. The number of benzene rings is 1. The minimum absolute atomic E-state index is 0.336.